The lowest BCUT2D eigenvalue weighted by Gasteiger charge is -2.29. The first-order valence-corrected chi connectivity index (χ1v) is 9.64. The Morgan fingerprint density at radius 3 is 2.72 bits per heavy atom. The van der Waals surface area contributed by atoms with Gasteiger partial charge in [0.25, 0.3) is 5.91 Å². The Kier molecular flexibility index (Phi) is 5.23. The molecule has 2 aliphatic rings. The van der Waals surface area contributed by atoms with Gasteiger partial charge in [-0.3, -0.25) is 4.79 Å². The number of hydrogen-bond acceptors (Lipinski definition) is 3. The molecule has 0 unspecified atom stereocenters. The van der Waals surface area contributed by atoms with E-state index in [0.29, 0.717) is 50.1 Å². The quantitative estimate of drug-likeness (QED) is 0.766. The molecule has 1 amide bonds. The lowest BCUT2D eigenvalue weighted by molar-refractivity contribution is -0.146. The summed E-state index contributed by atoms with van der Waals surface area (Å²) in [5.41, 5.74) is 1.27. The normalized spacial score (nSPS) is 21.5. The minimum absolute atomic E-state index is 0.0912. The molecule has 5 nitrogen and oxygen atoms in total. The van der Waals surface area contributed by atoms with Crippen molar-refractivity contribution < 1.29 is 27.1 Å². The number of halogens is 4. The van der Waals surface area contributed by atoms with Gasteiger partial charge in [0.05, 0.1) is 24.8 Å². The molecule has 1 aromatic carbocycles. The maximum absolute atomic E-state index is 14.6. The minimum atomic E-state index is -4.16. The summed E-state index contributed by atoms with van der Waals surface area (Å²) < 4.78 is 59.6. The van der Waals surface area contributed by atoms with Gasteiger partial charge in [0.15, 0.2) is 11.6 Å². The molecule has 0 atom stereocenters. The molecular weight excluding hydrogens is 390 g/mol. The molecule has 1 aliphatic heterocycles. The lowest BCUT2D eigenvalue weighted by Crippen LogP contribution is -2.38. The van der Waals surface area contributed by atoms with Gasteiger partial charge in [0, 0.05) is 23.6 Å². The number of carbonyl (C=O) groups is 1. The highest BCUT2D eigenvalue weighted by molar-refractivity contribution is 5.96. The highest BCUT2D eigenvalue weighted by atomic mass is 19.4. The first-order valence-electron chi connectivity index (χ1n) is 9.64. The Balaban J connectivity index is 1.47. The number of carbonyl (C=O) groups excluding carboxylic acids is 1. The van der Waals surface area contributed by atoms with E-state index >= 15 is 0 Å². The Hall–Kier alpha value is -2.58. The van der Waals surface area contributed by atoms with Crippen molar-refractivity contribution in [3.05, 3.63) is 36.0 Å². The number of amides is 1. The topological polar surface area (TPSA) is 56.2 Å². The van der Waals surface area contributed by atoms with Crippen LogP contribution in [-0.4, -0.2) is 34.3 Å². The number of nitrogens with zero attached hydrogens (tertiary/aromatic N) is 2. The summed E-state index contributed by atoms with van der Waals surface area (Å²) in [6, 6.07) is 2.49. The summed E-state index contributed by atoms with van der Waals surface area (Å²) >= 11 is 0. The number of rotatable bonds is 3. The van der Waals surface area contributed by atoms with E-state index in [1.54, 1.807) is 18.6 Å². The molecule has 0 spiro atoms. The highest BCUT2D eigenvalue weighted by Crippen LogP contribution is 2.36. The number of ether oxygens (including phenoxy) is 1. The third-order valence-electron chi connectivity index (χ3n) is 5.57. The molecule has 156 valence electrons. The van der Waals surface area contributed by atoms with Crippen molar-refractivity contribution in [2.45, 2.75) is 50.9 Å². The van der Waals surface area contributed by atoms with Gasteiger partial charge < -0.3 is 14.6 Å². The van der Waals surface area contributed by atoms with Crippen LogP contribution < -0.4 is 10.1 Å². The molecule has 1 N–H and O–H groups in total. The maximum atomic E-state index is 14.6. The molecule has 9 heteroatoms. The summed E-state index contributed by atoms with van der Waals surface area (Å²) in [6.45, 7) is 0.812. The molecule has 1 saturated carbocycles. The summed E-state index contributed by atoms with van der Waals surface area (Å²) in [5, 5.41) is 2.84. The predicted molar refractivity (Wildman–Crippen MR) is 97.0 cm³/mol. The maximum Gasteiger partial charge on any atom is 0.389 e. The average molecular weight is 411 g/mol. The Morgan fingerprint density at radius 1 is 1.24 bits per heavy atom. The van der Waals surface area contributed by atoms with Gasteiger partial charge in [-0.25, -0.2) is 9.37 Å². The second-order valence-corrected chi connectivity index (χ2v) is 7.67. The van der Waals surface area contributed by atoms with Crippen LogP contribution in [0, 0.1) is 11.7 Å². The molecule has 0 bridgehead atoms. The van der Waals surface area contributed by atoms with E-state index in [0.717, 1.165) is 6.07 Å². The van der Waals surface area contributed by atoms with Crippen LogP contribution in [0.1, 0.15) is 42.5 Å². The van der Waals surface area contributed by atoms with Gasteiger partial charge in [-0.1, -0.05) is 0 Å². The highest BCUT2D eigenvalue weighted by Gasteiger charge is 2.34. The number of imidazole rings is 1. The van der Waals surface area contributed by atoms with Gasteiger partial charge in [0.2, 0.25) is 0 Å². The first-order chi connectivity index (χ1) is 13.8. The van der Waals surface area contributed by atoms with Gasteiger partial charge >= 0.3 is 6.18 Å². The van der Waals surface area contributed by atoms with E-state index in [1.807, 2.05) is 4.57 Å². The Bertz CT molecular complexity index is 902. The zero-order valence-corrected chi connectivity index (χ0v) is 15.6. The Morgan fingerprint density at radius 2 is 2.00 bits per heavy atom. The minimum Gasteiger partial charge on any atom is -0.488 e. The largest absolute Gasteiger partial charge is 0.488 e. The van der Waals surface area contributed by atoms with E-state index in [4.69, 9.17) is 4.74 Å². The number of benzene rings is 1. The predicted octanol–water partition coefficient (Wildman–Crippen LogP) is 4.32. The number of aromatic nitrogens is 2. The van der Waals surface area contributed by atoms with E-state index in [2.05, 4.69) is 10.3 Å². The standard InChI is InChI=1S/C20H21F4N3O2/c21-16-8-13(7-15-17-10-25-11-27(17)5-6-29-18(15)16)19(28)26-14-3-1-12(2-4-14)9-20(22,23)24/h7-8,10-12,14H,1-6,9H2,(H,26,28). The van der Waals surface area contributed by atoms with Crippen LogP contribution in [0.2, 0.25) is 0 Å². The summed E-state index contributed by atoms with van der Waals surface area (Å²) in [6.07, 6.45) is 0.0676. The van der Waals surface area contributed by atoms with Gasteiger partial charge in [-0.05, 0) is 43.7 Å². The van der Waals surface area contributed by atoms with Crippen molar-refractivity contribution in [2.75, 3.05) is 6.61 Å². The van der Waals surface area contributed by atoms with Gasteiger partial charge in [-0.2, -0.15) is 13.2 Å². The molecule has 1 aromatic heterocycles. The van der Waals surface area contributed by atoms with E-state index in [9.17, 15) is 22.4 Å². The SMILES string of the molecule is O=C(NC1CCC(CC(F)(F)F)CC1)c1cc(F)c2c(c1)-c1cncn1CCO2. The van der Waals surface area contributed by atoms with Crippen molar-refractivity contribution in [3.63, 3.8) is 0 Å². The molecule has 0 saturated heterocycles. The first kappa shape index (κ1) is 19.7. The molecule has 2 heterocycles. The number of nitrogens with one attached hydrogen (secondary N) is 1. The second kappa shape index (κ2) is 7.68. The fourth-order valence-electron chi connectivity index (χ4n) is 4.14. The monoisotopic (exact) mass is 411 g/mol. The fraction of sp³-hybridized carbons (Fsp3) is 0.500. The van der Waals surface area contributed by atoms with Crippen LogP contribution in [0.15, 0.2) is 24.7 Å². The molecule has 1 fully saturated rings. The second-order valence-electron chi connectivity index (χ2n) is 7.67. The van der Waals surface area contributed by atoms with Crippen LogP contribution in [0.3, 0.4) is 0 Å². The van der Waals surface area contributed by atoms with Crippen molar-refractivity contribution >= 4 is 5.91 Å². The number of alkyl halides is 3. The van der Waals surface area contributed by atoms with Crippen LogP contribution in [0.4, 0.5) is 17.6 Å². The van der Waals surface area contributed by atoms with E-state index in [-0.39, 0.29) is 17.4 Å². The van der Waals surface area contributed by atoms with Gasteiger partial charge in [0.1, 0.15) is 6.61 Å². The van der Waals surface area contributed by atoms with Crippen LogP contribution in [0.25, 0.3) is 11.3 Å². The number of hydrogen-bond donors (Lipinski definition) is 1. The Labute approximate surface area is 165 Å². The average Bonchev–Trinajstić information content (AvgIpc) is 3.04. The molecule has 1 aliphatic carbocycles. The third kappa shape index (κ3) is 4.38. The zero-order chi connectivity index (χ0) is 20.6. The summed E-state index contributed by atoms with van der Waals surface area (Å²) in [7, 11) is 0. The van der Waals surface area contributed by atoms with Crippen LogP contribution >= 0.6 is 0 Å². The van der Waals surface area contributed by atoms with Gasteiger partial charge in [-0.15, -0.1) is 0 Å². The third-order valence-corrected chi connectivity index (χ3v) is 5.57. The van der Waals surface area contributed by atoms with Crippen LogP contribution in [0.5, 0.6) is 5.75 Å². The molecule has 0 radical (unpaired) electrons. The lowest BCUT2D eigenvalue weighted by atomic mass is 9.84. The smallest absolute Gasteiger partial charge is 0.389 e. The van der Waals surface area contributed by atoms with Crippen LogP contribution in [-0.2, 0) is 6.54 Å². The van der Waals surface area contributed by atoms with Crippen molar-refractivity contribution in [3.8, 4) is 17.0 Å². The van der Waals surface area contributed by atoms with Crippen molar-refractivity contribution in [2.24, 2.45) is 5.92 Å². The van der Waals surface area contributed by atoms with Crippen molar-refractivity contribution in [1.82, 2.24) is 14.9 Å². The molecule has 4 rings (SSSR count). The van der Waals surface area contributed by atoms with E-state index < -0.39 is 30.2 Å². The molecular formula is C20H21F4N3O2. The van der Waals surface area contributed by atoms with Crippen molar-refractivity contribution in [1.29, 1.82) is 0 Å². The fourth-order valence-corrected chi connectivity index (χ4v) is 4.14. The summed E-state index contributed by atoms with van der Waals surface area (Å²) in [5.74, 6) is -1.38. The molecule has 29 heavy (non-hydrogen) atoms. The zero-order valence-electron chi connectivity index (χ0n) is 15.6. The molecule has 2 aromatic rings. The summed E-state index contributed by atoms with van der Waals surface area (Å²) in [4.78, 5) is 16.8. The van der Waals surface area contributed by atoms with E-state index in [1.165, 1.54) is 0 Å². The number of fused-ring (bicyclic) bond motifs is 3.